The molecule has 10 heavy (non-hydrogen) atoms. The number of allylic oxidation sites excluding steroid dienone is 1. The lowest BCUT2D eigenvalue weighted by Crippen LogP contribution is -2.00. The standard InChI is InChI=1S/C8H13NO/c1-5-8(2)10-7-6-9(3)4/h5-7H,1-2H2,3-4H3/b7-6+. The van der Waals surface area contributed by atoms with E-state index in [4.69, 9.17) is 4.74 Å². The Morgan fingerprint density at radius 2 is 2.10 bits per heavy atom. The van der Waals surface area contributed by atoms with Crippen LogP contribution in [-0.2, 0) is 4.74 Å². The highest BCUT2D eigenvalue weighted by Crippen LogP contribution is 1.93. The Labute approximate surface area is 62.1 Å². The molecule has 0 aliphatic rings. The fraction of sp³-hybridized carbons (Fsp3) is 0.250. The molecule has 0 rings (SSSR count). The first-order valence-corrected chi connectivity index (χ1v) is 2.98. The average Bonchev–Trinajstić information content (AvgIpc) is 1.87. The lowest BCUT2D eigenvalue weighted by molar-refractivity contribution is 0.358. The topological polar surface area (TPSA) is 12.5 Å². The van der Waals surface area contributed by atoms with Crippen LogP contribution in [0.5, 0.6) is 0 Å². The largest absolute Gasteiger partial charge is 0.464 e. The van der Waals surface area contributed by atoms with Gasteiger partial charge in [-0.1, -0.05) is 13.2 Å². The Morgan fingerprint density at radius 3 is 2.50 bits per heavy atom. The molecular formula is C8H13NO. The number of rotatable bonds is 4. The van der Waals surface area contributed by atoms with Crippen molar-refractivity contribution < 1.29 is 4.74 Å². The molecule has 2 nitrogen and oxygen atoms in total. The summed E-state index contributed by atoms with van der Waals surface area (Å²) in [6, 6.07) is 0. The number of hydrogen-bond donors (Lipinski definition) is 0. The first kappa shape index (κ1) is 8.82. The lowest BCUT2D eigenvalue weighted by Gasteiger charge is -2.03. The maximum absolute atomic E-state index is 4.97. The van der Waals surface area contributed by atoms with Crippen LogP contribution in [0.25, 0.3) is 0 Å². The summed E-state index contributed by atoms with van der Waals surface area (Å²) >= 11 is 0. The molecule has 0 aliphatic heterocycles. The van der Waals surface area contributed by atoms with Gasteiger partial charge in [0.2, 0.25) is 0 Å². The summed E-state index contributed by atoms with van der Waals surface area (Å²) in [4.78, 5) is 1.87. The molecular weight excluding hydrogens is 126 g/mol. The third-order valence-corrected chi connectivity index (χ3v) is 0.806. The summed E-state index contributed by atoms with van der Waals surface area (Å²) in [5.74, 6) is 0.554. The summed E-state index contributed by atoms with van der Waals surface area (Å²) in [6.45, 7) is 7.05. The van der Waals surface area contributed by atoms with Crippen molar-refractivity contribution in [2.24, 2.45) is 0 Å². The van der Waals surface area contributed by atoms with Crippen molar-refractivity contribution >= 4 is 0 Å². The Bertz CT molecular complexity index is 147. The summed E-state index contributed by atoms with van der Waals surface area (Å²) in [7, 11) is 3.83. The van der Waals surface area contributed by atoms with Crippen molar-refractivity contribution in [3.63, 3.8) is 0 Å². The minimum Gasteiger partial charge on any atom is -0.464 e. The van der Waals surface area contributed by atoms with Gasteiger partial charge < -0.3 is 9.64 Å². The smallest absolute Gasteiger partial charge is 0.118 e. The van der Waals surface area contributed by atoms with Crippen molar-refractivity contribution in [1.82, 2.24) is 4.90 Å². The molecule has 0 aromatic rings. The summed E-state index contributed by atoms with van der Waals surface area (Å²) in [6.07, 6.45) is 4.90. The van der Waals surface area contributed by atoms with Gasteiger partial charge in [-0.25, -0.2) is 0 Å². The fourth-order valence-corrected chi connectivity index (χ4v) is 0.288. The Hall–Kier alpha value is -1.18. The Kier molecular flexibility index (Phi) is 4.12. The van der Waals surface area contributed by atoms with Crippen LogP contribution in [0.3, 0.4) is 0 Å². The van der Waals surface area contributed by atoms with Crippen LogP contribution in [0.15, 0.2) is 37.5 Å². The molecule has 0 N–H and O–H groups in total. The lowest BCUT2D eigenvalue weighted by atomic mass is 10.5. The van der Waals surface area contributed by atoms with Gasteiger partial charge >= 0.3 is 0 Å². The molecule has 56 valence electrons. The maximum atomic E-state index is 4.97. The zero-order valence-electron chi connectivity index (χ0n) is 6.50. The van der Waals surface area contributed by atoms with Crippen LogP contribution in [0, 0.1) is 0 Å². The fourth-order valence-electron chi connectivity index (χ4n) is 0.288. The zero-order valence-corrected chi connectivity index (χ0v) is 6.50. The van der Waals surface area contributed by atoms with Crippen LogP contribution >= 0.6 is 0 Å². The molecule has 0 saturated carbocycles. The predicted molar refractivity (Wildman–Crippen MR) is 43.2 cm³/mol. The highest BCUT2D eigenvalue weighted by atomic mass is 16.5. The molecule has 0 aromatic heterocycles. The molecule has 0 bridgehead atoms. The molecule has 0 spiro atoms. The van der Waals surface area contributed by atoms with Gasteiger partial charge in [0.15, 0.2) is 0 Å². The van der Waals surface area contributed by atoms with Crippen LogP contribution < -0.4 is 0 Å². The van der Waals surface area contributed by atoms with E-state index in [1.807, 2.05) is 19.0 Å². The highest BCUT2D eigenvalue weighted by molar-refractivity contribution is 5.03. The van der Waals surface area contributed by atoms with Gasteiger partial charge in [0, 0.05) is 20.3 Å². The van der Waals surface area contributed by atoms with E-state index in [1.54, 1.807) is 18.5 Å². The number of hydrogen-bond acceptors (Lipinski definition) is 2. The van der Waals surface area contributed by atoms with E-state index in [0.717, 1.165) is 0 Å². The molecule has 0 saturated heterocycles. The van der Waals surface area contributed by atoms with E-state index in [2.05, 4.69) is 13.2 Å². The van der Waals surface area contributed by atoms with Crippen LogP contribution in [-0.4, -0.2) is 19.0 Å². The van der Waals surface area contributed by atoms with E-state index >= 15 is 0 Å². The van der Waals surface area contributed by atoms with Gasteiger partial charge in [-0.05, 0) is 6.08 Å². The van der Waals surface area contributed by atoms with Crippen molar-refractivity contribution in [2.75, 3.05) is 14.1 Å². The first-order chi connectivity index (χ1) is 4.66. The molecule has 0 radical (unpaired) electrons. The minimum atomic E-state index is 0.554. The molecule has 0 amide bonds. The van der Waals surface area contributed by atoms with Crippen LogP contribution in [0.1, 0.15) is 0 Å². The number of nitrogens with zero attached hydrogens (tertiary/aromatic N) is 1. The van der Waals surface area contributed by atoms with E-state index in [9.17, 15) is 0 Å². The van der Waals surface area contributed by atoms with Gasteiger partial charge in [0.1, 0.15) is 12.0 Å². The second-order valence-corrected chi connectivity index (χ2v) is 2.04. The molecule has 0 aliphatic carbocycles. The van der Waals surface area contributed by atoms with Gasteiger partial charge in [-0.15, -0.1) is 0 Å². The Morgan fingerprint density at radius 1 is 1.50 bits per heavy atom. The molecule has 0 atom stereocenters. The van der Waals surface area contributed by atoms with E-state index in [0.29, 0.717) is 5.76 Å². The van der Waals surface area contributed by atoms with Gasteiger partial charge in [0.25, 0.3) is 0 Å². The van der Waals surface area contributed by atoms with Crippen LogP contribution in [0.2, 0.25) is 0 Å². The first-order valence-electron chi connectivity index (χ1n) is 2.98. The molecule has 0 fully saturated rings. The Balaban J connectivity index is 3.53. The normalized spacial score (nSPS) is 9.40. The quantitative estimate of drug-likeness (QED) is 0.434. The minimum absolute atomic E-state index is 0.554. The summed E-state index contributed by atoms with van der Waals surface area (Å²) < 4.78 is 4.97. The summed E-state index contributed by atoms with van der Waals surface area (Å²) in [5, 5.41) is 0. The second kappa shape index (κ2) is 4.68. The van der Waals surface area contributed by atoms with Crippen molar-refractivity contribution in [1.29, 1.82) is 0 Å². The molecule has 2 heteroatoms. The third-order valence-electron chi connectivity index (χ3n) is 0.806. The highest BCUT2D eigenvalue weighted by Gasteiger charge is 1.80. The van der Waals surface area contributed by atoms with Gasteiger partial charge in [-0.2, -0.15) is 0 Å². The number of ether oxygens (including phenoxy) is 1. The van der Waals surface area contributed by atoms with E-state index in [1.165, 1.54) is 0 Å². The van der Waals surface area contributed by atoms with Crippen molar-refractivity contribution in [3.8, 4) is 0 Å². The molecule has 0 aromatic carbocycles. The van der Waals surface area contributed by atoms with Crippen molar-refractivity contribution in [2.45, 2.75) is 0 Å². The molecule has 0 unspecified atom stereocenters. The summed E-state index contributed by atoms with van der Waals surface area (Å²) in [5.41, 5.74) is 0. The van der Waals surface area contributed by atoms with E-state index < -0.39 is 0 Å². The third kappa shape index (κ3) is 4.97. The van der Waals surface area contributed by atoms with Gasteiger partial charge in [-0.3, -0.25) is 0 Å². The van der Waals surface area contributed by atoms with E-state index in [-0.39, 0.29) is 0 Å². The van der Waals surface area contributed by atoms with Crippen molar-refractivity contribution in [3.05, 3.63) is 37.5 Å². The predicted octanol–water partition coefficient (Wildman–Crippen LogP) is 1.74. The maximum Gasteiger partial charge on any atom is 0.118 e. The molecule has 0 heterocycles. The van der Waals surface area contributed by atoms with Crippen LogP contribution in [0.4, 0.5) is 0 Å². The average molecular weight is 139 g/mol. The zero-order chi connectivity index (χ0) is 7.98. The van der Waals surface area contributed by atoms with Gasteiger partial charge in [0.05, 0.1) is 0 Å². The SMILES string of the molecule is C=CC(=C)O/C=C/N(C)C. The monoisotopic (exact) mass is 139 g/mol. The second-order valence-electron chi connectivity index (χ2n) is 2.04.